The number of hydrogen-bond acceptors (Lipinski definition) is 2. The standard InChI is InChI=1S/C8H3Br2NO2/c9-6-2-5(8(12)13)7(10)1-4(6)3-11/h1-2H,(H,12,13). The third-order valence-electron chi connectivity index (χ3n) is 1.41. The fourth-order valence-electron chi connectivity index (χ4n) is 0.796. The number of halogens is 2. The summed E-state index contributed by atoms with van der Waals surface area (Å²) in [5.41, 5.74) is 0.530. The van der Waals surface area contributed by atoms with Gasteiger partial charge in [-0.1, -0.05) is 0 Å². The summed E-state index contributed by atoms with van der Waals surface area (Å²) in [6.07, 6.45) is 0. The van der Waals surface area contributed by atoms with Gasteiger partial charge in [-0.3, -0.25) is 0 Å². The molecule has 0 atom stereocenters. The molecular formula is C8H3Br2NO2. The van der Waals surface area contributed by atoms with Crippen LogP contribution in [-0.4, -0.2) is 11.1 Å². The monoisotopic (exact) mass is 303 g/mol. The second-order valence-electron chi connectivity index (χ2n) is 2.23. The van der Waals surface area contributed by atoms with Crippen molar-refractivity contribution in [2.45, 2.75) is 0 Å². The zero-order valence-corrected chi connectivity index (χ0v) is 9.39. The average molecular weight is 305 g/mol. The maximum absolute atomic E-state index is 10.6. The van der Waals surface area contributed by atoms with E-state index in [0.717, 1.165) is 0 Å². The fourth-order valence-corrected chi connectivity index (χ4v) is 1.74. The van der Waals surface area contributed by atoms with Gasteiger partial charge in [0.2, 0.25) is 0 Å². The Hall–Kier alpha value is -0.860. The smallest absolute Gasteiger partial charge is 0.336 e. The van der Waals surface area contributed by atoms with Crippen molar-refractivity contribution in [3.05, 3.63) is 32.2 Å². The molecule has 0 fully saturated rings. The van der Waals surface area contributed by atoms with E-state index in [4.69, 9.17) is 10.4 Å². The number of carboxylic acid groups (broad SMARTS) is 1. The number of benzene rings is 1. The number of carboxylic acids is 1. The van der Waals surface area contributed by atoms with Gasteiger partial charge in [0.25, 0.3) is 0 Å². The van der Waals surface area contributed by atoms with Crippen LogP contribution in [0.2, 0.25) is 0 Å². The summed E-state index contributed by atoms with van der Waals surface area (Å²) in [6, 6.07) is 4.79. The summed E-state index contributed by atoms with van der Waals surface area (Å²) in [7, 11) is 0. The van der Waals surface area contributed by atoms with Gasteiger partial charge in [-0.2, -0.15) is 5.26 Å². The fraction of sp³-hybridized carbons (Fsp3) is 0. The lowest BCUT2D eigenvalue weighted by atomic mass is 10.1. The summed E-state index contributed by atoms with van der Waals surface area (Å²) in [5.74, 6) is -1.03. The molecule has 13 heavy (non-hydrogen) atoms. The van der Waals surface area contributed by atoms with Crippen LogP contribution in [0.5, 0.6) is 0 Å². The molecule has 3 nitrogen and oxygen atoms in total. The van der Waals surface area contributed by atoms with Crippen molar-refractivity contribution in [1.29, 1.82) is 5.26 Å². The van der Waals surface area contributed by atoms with Gasteiger partial charge in [-0.15, -0.1) is 0 Å². The molecule has 1 aromatic rings. The van der Waals surface area contributed by atoms with Crippen molar-refractivity contribution in [2.24, 2.45) is 0 Å². The van der Waals surface area contributed by atoms with Crippen LogP contribution in [0.1, 0.15) is 15.9 Å². The van der Waals surface area contributed by atoms with Crippen molar-refractivity contribution in [2.75, 3.05) is 0 Å². The molecule has 0 saturated heterocycles. The zero-order chi connectivity index (χ0) is 10.0. The minimum atomic E-state index is -1.03. The quantitative estimate of drug-likeness (QED) is 0.868. The minimum Gasteiger partial charge on any atom is -0.478 e. The molecule has 0 aliphatic carbocycles. The van der Waals surface area contributed by atoms with Crippen LogP contribution < -0.4 is 0 Å². The van der Waals surface area contributed by atoms with Gasteiger partial charge < -0.3 is 5.11 Å². The van der Waals surface area contributed by atoms with Gasteiger partial charge in [-0.25, -0.2) is 4.79 Å². The minimum absolute atomic E-state index is 0.130. The third-order valence-corrected chi connectivity index (χ3v) is 2.72. The second kappa shape index (κ2) is 3.90. The molecule has 0 radical (unpaired) electrons. The van der Waals surface area contributed by atoms with E-state index in [1.807, 2.05) is 6.07 Å². The molecule has 0 aliphatic heterocycles. The van der Waals surface area contributed by atoms with Crippen molar-refractivity contribution in [3.8, 4) is 6.07 Å². The molecule has 0 saturated carbocycles. The van der Waals surface area contributed by atoms with Crippen LogP contribution >= 0.6 is 31.9 Å². The Morgan fingerprint density at radius 3 is 2.46 bits per heavy atom. The summed E-state index contributed by atoms with van der Waals surface area (Å²) < 4.78 is 0.885. The molecular weight excluding hydrogens is 302 g/mol. The Labute approximate surface area is 91.2 Å². The molecule has 66 valence electrons. The lowest BCUT2D eigenvalue weighted by Crippen LogP contribution is -1.98. The number of nitrogens with zero attached hydrogens (tertiary/aromatic N) is 1. The largest absolute Gasteiger partial charge is 0.478 e. The van der Waals surface area contributed by atoms with Crippen molar-refractivity contribution >= 4 is 37.8 Å². The van der Waals surface area contributed by atoms with E-state index in [2.05, 4.69) is 31.9 Å². The van der Waals surface area contributed by atoms with E-state index in [1.54, 1.807) is 0 Å². The van der Waals surface area contributed by atoms with Gasteiger partial charge in [-0.05, 0) is 44.0 Å². The van der Waals surface area contributed by atoms with Crippen LogP contribution in [0.15, 0.2) is 21.1 Å². The molecule has 1 rings (SSSR count). The van der Waals surface area contributed by atoms with Gasteiger partial charge in [0.1, 0.15) is 6.07 Å². The predicted octanol–water partition coefficient (Wildman–Crippen LogP) is 2.78. The normalized spacial score (nSPS) is 9.31. The Morgan fingerprint density at radius 1 is 1.38 bits per heavy atom. The maximum atomic E-state index is 10.6. The first-order valence-corrected chi connectivity index (χ1v) is 4.77. The molecule has 1 aromatic carbocycles. The molecule has 0 unspecified atom stereocenters. The second-order valence-corrected chi connectivity index (χ2v) is 3.94. The highest BCUT2D eigenvalue weighted by Gasteiger charge is 2.11. The molecule has 0 spiro atoms. The number of nitriles is 1. The number of hydrogen-bond donors (Lipinski definition) is 1. The lowest BCUT2D eigenvalue weighted by Gasteiger charge is -2.01. The van der Waals surface area contributed by atoms with E-state index >= 15 is 0 Å². The van der Waals surface area contributed by atoms with Crippen LogP contribution in [0.25, 0.3) is 0 Å². The molecule has 0 heterocycles. The Kier molecular flexibility index (Phi) is 3.07. The first-order chi connectivity index (χ1) is 6.06. The molecule has 1 N–H and O–H groups in total. The Bertz CT molecular complexity index is 409. The summed E-state index contributed by atoms with van der Waals surface area (Å²) in [5, 5.41) is 17.3. The van der Waals surface area contributed by atoms with E-state index in [9.17, 15) is 4.79 Å². The molecule has 0 aliphatic rings. The Morgan fingerprint density at radius 2 is 2.00 bits per heavy atom. The molecule has 5 heteroatoms. The molecule has 0 bridgehead atoms. The van der Waals surface area contributed by atoms with Gasteiger partial charge in [0.15, 0.2) is 0 Å². The first kappa shape index (κ1) is 10.2. The van der Waals surface area contributed by atoms with Crippen molar-refractivity contribution < 1.29 is 9.90 Å². The maximum Gasteiger partial charge on any atom is 0.336 e. The van der Waals surface area contributed by atoms with E-state index < -0.39 is 5.97 Å². The first-order valence-electron chi connectivity index (χ1n) is 3.18. The average Bonchev–Trinajstić information content (AvgIpc) is 2.07. The van der Waals surface area contributed by atoms with Crippen LogP contribution in [-0.2, 0) is 0 Å². The Balaban J connectivity index is 3.39. The number of rotatable bonds is 1. The van der Waals surface area contributed by atoms with E-state index in [-0.39, 0.29) is 5.56 Å². The van der Waals surface area contributed by atoms with Crippen molar-refractivity contribution in [3.63, 3.8) is 0 Å². The summed E-state index contributed by atoms with van der Waals surface area (Å²) >= 11 is 6.17. The summed E-state index contributed by atoms with van der Waals surface area (Å²) in [4.78, 5) is 10.6. The topological polar surface area (TPSA) is 61.1 Å². The van der Waals surface area contributed by atoms with Gasteiger partial charge in [0.05, 0.1) is 11.1 Å². The van der Waals surface area contributed by atoms with Gasteiger partial charge in [0, 0.05) is 8.95 Å². The van der Waals surface area contributed by atoms with Crippen LogP contribution in [0.3, 0.4) is 0 Å². The summed E-state index contributed by atoms with van der Waals surface area (Å²) in [6.45, 7) is 0. The van der Waals surface area contributed by atoms with Crippen LogP contribution in [0.4, 0.5) is 0 Å². The predicted molar refractivity (Wildman–Crippen MR) is 53.5 cm³/mol. The van der Waals surface area contributed by atoms with Gasteiger partial charge >= 0.3 is 5.97 Å². The SMILES string of the molecule is N#Cc1cc(Br)c(C(=O)O)cc1Br. The highest BCUT2D eigenvalue weighted by molar-refractivity contribution is 9.11. The number of carbonyl (C=O) groups is 1. The van der Waals surface area contributed by atoms with E-state index in [0.29, 0.717) is 14.5 Å². The van der Waals surface area contributed by atoms with E-state index in [1.165, 1.54) is 12.1 Å². The molecule has 0 amide bonds. The van der Waals surface area contributed by atoms with Crippen molar-refractivity contribution in [1.82, 2.24) is 0 Å². The lowest BCUT2D eigenvalue weighted by molar-refractivity contribution is 0.0696. The van der Waals surface area contributed by atoms with Crippen LogP contribution in [0, 0.1) is 11.3 Å². The third kappa shape index (κ3) is 2.08. The highest BCUT2D eigenvalue weighted by atomic mass is 79.9. The molecule has 0 aromatic heterocycles. The zero-order valence-electron chi connectivity index (χ0n) is 6.21. The highest BCUT2D eigenvalue weighted by Crippen LogP contribution is 2.25. The number of aromatic carboxylic acids is 1.